The molecule has 0 atom stereocenters. The second-order valence-electron chi connectivity index (χ2n) is 5.59. The molecule has 0 bridgehead atoms. The number of nitrogens with one attached hydrogen (secondary N) is 1. The molecule has 5 nitrogen and oxygen atoms in total. The SMILES string of the molecule is NCCC(=O)Nc1cc(C(F)(F)C(F)(F)F)cc(B(O)O)c1C(F)(F)C(F)(F)F. The number of nitrogens with two attached hydrogens (primary N) is 1. The van der Waals surface area contributed by atoms with Crippen LogP contribution in [0.25, 0.3) is 0 Å². The van der Waals surface area contributed by atoms with Gasteiger partial charge >= 0.3 is 31.3 Å². The van der Waals surface area contributed by atoms with E-state index in [1.54, 1.807) is 0 Å². The zero-order valence-corrected chi connectivity index (χ0v) is 13.8. The fourth-order valence-corrected chi connectivity index (χ4v) is 2.15. The molecule has 0 aliphatic heterocycles. The molecule has 0 unspecified atom stereocenters. The number of alkyl halides is 10. The molecule has 1 rings (SSSR count). The lowest BCUT2D eigenvalue weighted by atomic mass is 9.73. The number of rotatable bonds is 6. The van der Waals surface area contributed by atoms with Crippen LogP contribution in [0.4, 0.5) is 49.6 Å². The average molecular weight is 444 g/mol. The van der Waals surface area contributed by atoms with E-state index < -0.39 is 84.6 Å². The molecule has 29 heavy (non-hydrogen) atoms. The van der Waals surface area contributed by atoms with Crippen molar-refractivity contribution in [1.29, 1.82) is 0 Å². The minimum Gasteiger partial charge on any atom is -0.423 e. The standard InChI is InChI=1S/C13H11BF10N2O3/c15-10(16,12(19,20)21)5-3-6(14(28)29)9(11(17,18)13(22,23)24)7(4-5)26-8(27)1-2-25/h3-4,28-29H,1-2,25H2,(H,26,27). The van der Waals surface area contributed by atoms with E-state index in [2.05, 4.69) is 0 Å². The van der Waals surface area contributed by atoms with Gasteiger partial charge in [-0.25, -0.2) is 0 Å². The highest BCUT2D eigenvalue weighted by Crippen LogP contribution is 2.49. The Hall–Kier alpha value is -2.07. The Labute approximate surface area is 155 Å². The summed E-state index contributed by atoms with van der Waals surface area (Å²) < 4.78 is 131. The first kappa shape index (κ1) is 25.0. The summed E-state index contributed by atoms with van der Waals surface area (Å²) in [5.41, 5.74) is -3.49. The maximum absolute atomic E-state index is 13.9. The van der Waals surface area contributed by atoms with Gasteiger partial charge in [0.1, 0.15) is 0 Å². The summed E-state index contributed by atoms with van der Waals surface area (Å²) in [4.78, 5) is 11.5. The maximum atomic E-state index is 13.9. The Morgan fingerprint density at radius 2 is 1.41 bits per heavy atom. The Kier molecular flexibility index (Phi) is 6.88. The molecule has 0 radical (unpaired) electrons. The van der Waals surface area contributed by atoms with Crippen LogP contribution < -0.4 is 16.5 Å². The van der Waals surface area contributed by atoms with Crippen LogP contribution in [0.15, 0.2) is 12.1 Å². The third-order valence-electron chi connectivity index (χ3n) is 3.48. The first-order valence-corrected chi connectivity index (χ1v) is 7.32. The lowest BCUT2D eigenvalue weighted by Crippen LogP contribution is -2.45. The van der Waals surface area contributed by atoms with E-state index in [9.17, 15) is 48.7 Å². The number of amides is 1. The minimum atomic E-state index is -6.43. The van der Waals surface area contributed by atoms with Crippen LogP contribution in [-0.4, -0.2) is 42.0 Å². The maximum Gasteiger partial charge on any atom is 0.489 e. The third-order valence-corrected chi connectivity index (χ3v) is 3.48. The van der Waals surface area contributed by atoms with E-state index in [1.165, 1.54) is 5.32 Å². The third kappa shape index (κ3) is 4.92. The molecule has 1 amide bonds. The summed E-state index contributed by atoms with van der Waals surface area (Å²) >= 11 is 0. The van der Waals surface area contributed by atoms with Gasteiger partial charge in [0, 0.05) is 18.5 Å². The van der Waals surface area contributed by atoms with Crippen molar-refractivity contribution in [3.8, 4) is 0 Å². The summed E-state index contributed by atoms with van der Waals surface area (Å²) in [5, 5.41) is 19.5. The molecule has 164 valence electrons. The van der Waals surface area contributed by atoms with Gasteiger partial charge in [-0.05, 0) is 11.5 Å². The molecular weight excluding hydrogens is 433 g/mol. The Balaban J connectivity index is 3.93. The lowest BCUT2D eigenvalue weighted by Gasteiger charge is -2.28. The van der Waals surface area contributed by atoms with Gasteiger partial charge in [-0.1, -0.05) is 6.07 Å². The zero-order chi connectivity index (χ0) is 23.0. The van der Waals surface area contributed by atoms with Crippen LogP contribution in [-0.2, 0) is 16.6 Å². The predicted octanol–water partition coefficient (Wildman–Crippen LogP) is 1.96. The van der Waals surface area contributed by atoms with Crippen LogP contribution >= 0.6 is 0 Å². The molecule has 0 saturated carbocycles. The summed E-state index contributed by atoms with van der Waals surface area (Å²) in [6.45, 7) is -0.481. The van der Waals surface area contributed by atoms with Crippen molar-refractivity contribution in [1.82, 2.24) is 0 Å². The highest BCUT2D eigenvalue weighted by molar-refractivity contribution is 6.59. The van der Waals surface area contributed by atoms with E-state index in [4.69, 9.17) is 15.8 Å². The zero-order valence-electron chi connectivity index (χ0n) is 13.8. The van der Waals surface area contributed by atoms with Gasteiger partial charge in [-0.15, -0.1) is 0 Å². The van der Waals surface area contributed by atoms with Crippen molar-refractivity contribution in [3.63, 3.8) is 0 Å². The van der Waals surface area contributed by atoms with Gasteiger partial charge in [0.25, 0.3) is 0 Å². The molecule has 0 aromatic heterocycles. The van der Waals surface area contributed by atoms with E-state index in [0.717, 1.165) is 0 Å². The second kappa shape index (κ2) is 7.99. The molecule has 0 heterocycles. The van der Waals surface area contributed by atoms with Crippen LogP contribution in [0.2, 0.25) is 0 Å². The fraction of sp³-hybridized carbons (Fsp3) is 0.462. The van der Waals surface area contributed by atoms with Crippen molar-refractivity contribution >= 4 is 24.2 Å². The van der Waals surface area contributed by atoms with E-state index in [0.29, 0.717) is 0 Å². The number of hydrogen-bond acceptors (Lipinski definition) is 4. The van der Waals surface area contributed by atoms with Gasteiger partial charge in [-0.3, -0.25) is 4.79 Å². The van der Waals surface area contributed by atoms with E-state index in [-0.39, 0.29) is 0 Å². The number of hydrogen-bond donors (Lipinski definition) is 4. The summed E-state index contributed by atoms with van der Waals surface area (Å²) in [6.07, 6.45) is -13.5. The van der Waals surface area contributed by atoms with Crippen molar-refractivity contribution in [3.05, 3.63) is 23.3 Å². The number of carbonyl (C=O) groups excluding carboxylic acids is 1. The van der Waals surface area contributed by atoms with Crippen molar-refractivity contribution in [2.24, 2.45) is 5.73 Å². The van der Waals surface area contributed by atoms with Gasteiger partial charge in [0.15, 0.2) is 0 Å². The predicted molar refractivity (Wildman–Crippen MR) is 78.5 cm³/mol. The van der Waals surface area contributed by atoms with Crippen molar-refractivity contribution in [2.45, 2.75) is 30.6 Å². The average Bonchev–Trinajstić information content (AvgIpc) is 2.51. The largest absolute Gasteiger partial charge is 0.489 e. The first-order chi connectivity index (χ1) is 12.9. The molecule has 0 saturated heterocycles. The number of anilines is 1. The quantitative estimate of drug-likeness (QED) is 0.399. The summed E-state index contributed by atoms with van der Waals surface area (Å²) in [7, 11) is -3.33. The minimum absolute atomic E-state index is 0.456. The topological polar surface area (TPSA) is 95.6 Å². The molecule has 0 spiro atoms. The summed E-state index contributed by atoms with van der Waals surface area (Å²) in [5.74, 6) is -13.2. The van der Waals surface area contributed by atoms with Crippen LogP contribution in [0, 0.1) is 0 Å². The first-order valence-electron chi connectivity index (χ1n) is 7.32. The van der Waals surface area contributed by atoms with Gasteiger partial charge in [-0.2, -0.15) is 43.9 Å². The number of halogens is 10. The Bertz CT molecular complexity index is 764. The Morgan fingerprint density at radius 3 is 1.79 bits per heavy atom. The van der Waals surface area contributed by atoms with Gasteiger partial charge in [0.2, 0.25) is 5.91 Å². The molecule has 0 aliphatic carbocycles. The highest BCUT2D eigenvalue weighted by Gasteiger charge is 2.63. The highest BCUT2D eigenvalue weighted by atomic mass is 19.4. The fourth-order valence-electron chi connectivity index (χ4n) is 2.15. The molecule has 0 aliphatic rings. The molecule has 0 fully saturated rings. The number of benzene rings is 1. The smallest absolute Gasteiger partial charge is 0.423 e. The number of carbonyl (C=O) groups is 1. The van der Waals surface area contributed by atoms with Crippen LogP contribution in [0.3, 0.4) is 0 Å². The molecule has 1 aromatic carbocycles. The lowest BCUT2D eigenvalue weighted by molar-refractivity contribution is -0.290. The monoisotopic (exact) mass is 444 g/mol. The van der Waals surface area contributed by atoms with Gasteiger partial charge in [0.05, 0.1) is 11.3 Å². The molecular formula is C13H11BF10N2O3. The van der Waals surface area contributed by atoms with Crippen LogP contribution in [0.5, 0.6) is 0 Å². The molecule has 5 N–H and O–H groups in total. The van der Waals surface area contributed by atoms with E-state index >= 15 is 0 Å². The Morgan fingerprint density at radius 1 is 0.931 bits per heavy atom. The van der Waals surface area contributed by atoms with Crippen molar-refractivity contribution in [2.75, 3.05) is 11.9 Å². The molecule has 1 aromatic rings. The van der Waals surface area contributed by atoms with Crippen molar-refractivity contribution < 1.29 is 58.7 Å². The van der Waals surface area contributed by atoms with Crippen LogP contribution in [0.1, 0.15) is 17.5 Å². The van der Waals surface area contributed by atoms with E-state index in [1.807, 2.05) is 0 Å². The summed E-state index contributed by atoms with van der Waals surface area (Å²) in [6, 6.07) is -1.02. The van der Waals surface area contributed by atoms with Gasteiger partial charge < -0.3 is 21.1 Å². The second-order valence-corrected chi connectivity index (χ2v) is 5.59. The normalized spacial score (nSPS) is 13.4. The molecule has 16 heteroatoms.